The van der Waals surface area contributed by atoms with E-state index < -0.39 is 23.8 Å². The van der Waals surface area contributed by atoms with E-state index in [1.54, 1.807) is 0 Å². The molecule has 1 aliphatic heterocycles. The van der Waals surface area contributed by atoms with Gasteiger partial charge in [0.1, 0.15) is 0 Å². The summed E-state index contributed by atoms with van der Waals surface area (Å²) in [5.41, 5.74) is -1.34. The molecule has 3 nitrogen and oxygen atoms in total. The number of benzene rings is 1. The van der Waals surface area contributed by atoms with Gasteiger partial charge in [0.25, 0.3) is 5.91 Å². The highest BCUT2D eigenvalue weighted by molar-refractivity contribution is 9.10. The lowest BCUT2D eigenvalue weighted by molar-refractivity contribution is -0.138. The molecule has 116 valence electrons. The number of carbonyl (C=O) groups is 1. The molecule has 2 unspecified atom stereocenters. The van der Waals surface area contributed by atoms with Crippen molar-refractivity contribution in [2.45, 2.75) is 25.6 Å². The van der Waals surface area contributed by atoms with Gasteiger partial charge in [0.15, 0.2) is 0 Å². The Morgan fingerprint density at radius 3 is 2.67 bits per heavy atom. The van der Waals surface area contributed by atoms with Gasteiger partial charge >= 0.3 is 6.18 Å². The highest BCUT2D eigenvalue weighted by atomic mass is 79.9. The maximum Gasteiger partial charge on any atom is 0.417 e. The third-order valence-corrected chi connectivity index (χ3v) is 4.22. The lowest BCUT2D eigenvalue weighted by atomic mass is 9.95. The van der Waals surface area contributed by atoms with Crippen LogP contribution in [0.15, 0.2) is 22.7 Å². The third-order valence-electron chi connectivity index (χ3n) is 3.72. The Morgan fingerprint density at radius 1 is 1.43 bits per heavy atom. The fraction of sp³-hybridized carbons (Fsp3) is 0.500. The van der Waals surface area contributed by atoms with Crippen LogP contribution >= 0.6 is 15.9 Å². The van der Waals surface area contributed by atoms with Crippen LogP contribution in [-0.4, -0.2) is 35.1 Å². The number of aliphatic hydroxyl groups is 1. The number of nitrogens with zero attached hydrogens (tertiary/aromatic N) is 1. The summed E-state index contributed by atoms with van der Waals surface area (Å²) < 4.78 is 39.4. The molecule has 2 rings (SSSR count). The number of aliphatic hydroxyl groups excluding tert-OH is 1. The summed E-state index contributed by atoms with van der Waals surface area (Å²) in [6.45, 7) is 2.27. The molecule has 2 atom stereocenters. The van der Waals surface area contributed by atoms with E-state index in [4.69, 9.17) is 0 Å². The molecule has 1 N–H and O–H groups in total. The van der Waals surface area contributed by atoms with E-state index >= 15 is 0 Å². The number of halogens is 4. The Balaban J connectivity index is 2.32. The number of piperidine rings is 1. The highest BCUT2D eigenvalue weighted by Crippen LogP contribution is 2.34. The van der Waals surface area contributed by atoms with Crippen LogP contribution in [0.4, 0.5) is 13.2 Å². The molecule has 0 saturated carbocycles. The molecule has 1 amide bonds. The lowest BCUT2D eigenvalue weighted by Crippen LogP contribution is -2.46. The van der Waals surface area contributed by atoms with Crippen LogP contribution < -0.4 is 0 Å². The molecule has 7 heteroatoms. The summed E-state index contributed by atoms with van der Waals surface area (Å²) in [5.74, 6) is -0.651. The zero-order valence-corrected chi connectivity index (χ0v) is 12.9. The summed E-state index contributed by atoms with van der Waals surface area (Å²) in [6.07, 6.45) is -4.73. The van der Waals surface area contributed by atoms with E-state index in [9.17, 15) is 23.1 Å². The quantitative estimate of drug-likeness (QED) is 0.829. The Morgan fingerprint density at radius 2 is 2.10 bits per heavy atom. The van der Waals surface area contributed by atoms with Crippen LogP contribution in [0.3, 0.4) is 0 Å². The zero-order valence-electron chi connectivity index (χ0n) is 11.3. The van der Waals surface area contributed by atoms with Crippen molar-refractivity contribution in [2.75, 3.05) is 13.1 Å². The normalized spacial score (nSPS) is 23.2. The summed E-state index contributed by atoms with van der Waals surface area (Å²) in [7, 11) is 0. The van der Waals surface area contributed by atoms with Crippen LogP contribution in [0.2, 0.25) is 0 Å². The summed E-state index contributed by atoms with van der Waals surface area (Å²) in [6, 6.07) is 3.47. The summed E-state index contributed by atoms with van der Waals surface area (Å²) in [4.78, 5) is 13.6. The fourth-order valence-corrected chi connectivity index (χ4v) is 2.70. The predicted molar refractivity (Wildman–Crippen MR) is 74.8 cm³/mol. The standard InChI is InChI=1S/C14H15BrF3NO2/c1-8-4-5-19(7-12(8)20)13(21)10-3-2-9(15)6-11(10)14(16,17)18/h2-3,6,8,12,20H,4-5,7H2,1H3. The predicted octanol–water partition coefficient (Wildman–Crippen LogP) is 3.31. The van der Waals surface area contributed by atoms with Gasteiger partial charge in [-0.2, -0.15) is 13.2 Å². The van der Waals surface area contributed by atoms with Crippen molar-refractivity contribution < 1.29 is 23.1 Å². The van der Waals surface area contributed by atoms with Gasteiger partial charge in [-0.15, -0.1) is 0 Å². The second-order valence-electron chi connectivity index (χ2n) is 5.27. The van der Waals surface area contributed by atoms with Crippen molar-refractivity contribution >= 4 is 21.8 Å². The van der Waals surface area contributed by atoms with E-state index in [2.05, 4.69) is 15.9 Å². The zero-order chi connectivity index (χ0) is 15.8. The average molecular weight is 366 g/mol. The van der Waals surface area contributed by atoms with Gasteiger partial charge in [-0.05, 0) is 30.5 Å². The van der Waals surface area contributed by atoms with Crippen molar-refractivity contribution in [1.29, 1.82) is 0 Å². The molecule has 0 aromatic heterocycles. The number of β-amino-alcohol motifs (C(OH)–C–C–N with tert-alkyl or cyclic N) is 1. The van der Waals surface area contributed by atoms with Gasteiger partial charge in [0.05, 0.1) is 17.2 Å². The minimum absolute atomic E-state index is 0.0426. The molecule has 0 spiro atoms. The number of amides is 1. The number of hydrogen-bond acceptors (Lipinski definition) is 2. The molecule has 21 heavy (non-hydrogen) atoms. The molecule has 0 aliphatic carbocycles. The highest BCUT2D eigenvalue weighted by Gasteiger charge is 2.37. The Labute approximate surface area is 128 Å². The molecular formula is C14H15BrF3NO2. The van der Waals surface area contributed by atoms with E-state index in [0.29, 0.717) is 13.0 Å². The second kappa shape index (κ2) is 5.96. The fourth-order valence-electron chi connectivity index (χ4n) is 2.34. The number of alkyl halides is 3. The Kier molecular flexibility index (Phi) is 4.63. The van der Waals surface area contributed by atoms with Crippen molar-refractivity contribution in [3.63, 3.8) is 0 Å². The molecule has 0 bridgehead atoms. The van der Waals surface area contributed by atoms with Crippen molar-refractivity contribution in [3.05, 3.63) is 33.8 Å². The molecule has 1 aromatic rings. The number of hydrogen-bond donors (Lipinski definition) is 1. The lowest BCUT2D eigenvalue weighted by Gasteiger charge is -2.34. The molecule has 1 saturated heterocycles. The first-order valence-electron chi connectivity index (χ1n) is 6.54. The molecular weight excluding hydrogens is 351 g/mol. The van der Waals surface area contributed by atoms with Crippen molar-refractivity contribution in [1.82, 2.24) is 4.90 Å². The monoisotopic (exact) mass is 365 g/mol. The van der Waals surface area contributed by atoms with E-state index in [-0.39, 0.29) is 22.5 Å². The Bertz CT molecular complexity index is 548. The Hall–Kier alpha value is -1.08. The smallest absolute Gasteiger partial charge is 0.391 e. The maximum atomic E-state index is 13.1. The topological polar surface area (TPSA) is 40.5 Å². The van der Waals surface area contributed by atoms with Gasteiger partial charge in [-0.3, -0.25) is 4.79 Å². The largest absolute Gasteiger partial charge is 0.417 e. The summed E-state index contributed by atoms with van der Waals surface area (Å²) >= 11 is 2.99. The average Bonchev–Trinajstić information content (AvgIpc) is 2.40. The number of rotatable bonds is 1. The first-order chi connectivity index (χ1) is 9.70. The van der Waals surface area contributed by atoms with Crippen LogP contribution in [-0.2, 0) is 6.18 Å². The van der Waals surface area contributed by atoms with Gasteiger partial charge in [0, 0.05) is 17.6 Å². The van der Waals surface area contributed by atoms with E-state index in [1.807, 2.05) is 6.92 Å². The van der Waals surface area contributed by atoms with Gasteiger partial charge in [-0.1, -0.05) is 22.9 Å². The van der Waals surface area contributed by atoms with E-state index in [0.717, 1.165) is 6.07 Å². The first kappa shape index (κ1) is 16.3. The molecule has 1 fully saturated rings. The molecule has 1 aliphatic rings. The second-order valence-corrected chi connectivity index (χ2v) is 6.19. The van der Waals surface area contributed by atoms with Gasteiger partial charge < -0.3 is 10.0 Å². The van der Waals surface area contributed by atoms with Crippen LogP contribution in [0, 0.1) is 5.92 Å². The summed E-state index contributed by atoms with van der Waals surface area (Å²) in [5, 5.41) is 9.79. The van der Waals surface area contributed by atoms with Gasteiger partial charge in [0.2, 0.25) is 0 Å². The number of carbonyl (C=O) groups excluding carboxylic acids is 1. The van der Waals surface area contributed by atoms with Crippen molar-refractivity contribution in [2.24, 2.45) is 5.92 Å². The van der Waals surface area contributed by atoms with Crippen LogP contribution in [0.25, 0.3) is 0 Å². The molecule has 0 radical (unpaired) electrons. The van der Waals surface area contributed by atoms with Crippen molar-refractivity contribution in [3.8, 4) is 0 Å². The molecule has 1 heterocycles. The van der Waals surface area contributed by atoms with E-state index in [1.165, 1.54) is 17.0 Å². The minimum atomic E-state index is -4.60. The van der Waals surface area contributed by atoms with Gasteiger partial charge in [-0.25, -0.2) is 0 Å². The van der Waals surface area contributed by atoms with Crippen LogP contribution in [0.5, 0.6) is 0 Å². The SMILES string of the molecule is CC1CCN(C(=O)c2ccc(Br)cc2C(F)(F)F)CC1O. The maximum absolute atomic E-state index is 13.1. The minimum Gasteiger partial charge on any atom is -0.391 e. The van der Waals surface area contributed by atoms with Crippen LogP contribution in [0.1, 0.15) is 29.3 Å². The first-order valence-corrected chi connectivity index (χ1v) is 7.33. The number of likely N-dealkylation sites (tertiary alicyclic amines) is 1. The third kappa shape index (κ3) is 3.58. The molecule has 1 aromatic carbocycles.